The van der Waals surface area contributed by atoms with Gasteiger partial charge in [-0.25, -0.2) is 9.99 Å². The number of hydrogen-bond donors (Lipinski definition) is 1. The Kier molecular flexibility index (Phi) is 10.8. The molecule has 23 heavy (non-hydrogen) atoms. The van der Waals surface area contributed by atoms with Gasteiger partial charge in [0.25, 0.3) is 5.91 Å². The fourth-order valence-corrected chi connectivity index (χ4v) is 2.50. The summed E-state index contributed by atoms with van der Waals surface area (Å²) in [6.07, 6.45) is 18.3. The average Bonchev–Trinajstić information content (AvgIpc) is 2.55. The first kappa shape index (κ1) is 19.3. The van der Waals surface area contributed by atoms with Crippen molar-refractivity contribution in [3.63, 3.8) is 0 Å². The predicted molar refractivity (Wildman–Crippen MR) is 95.4 cm³/mol. The first-order chi connectivity index (χ1) is 11.2. The van der Waals surface area contributed by atoms with E-state index in [0.717, 1.165) is 12.8 Å². The van der Waals surface area contributed by atoms with Crippen LogP contribution in [0.4, 0.5) is 0 Å². The number of rotatable bonds is 12. The van der Waals surface area contributed by atoms with Gasteiger partial charge in [-0.1, -0.05) is 58.3 Å². The molecule has 0 aliphatic heterocycles. The molecule has 1 aromatic heterocycles. The number of unbranched alkanes of at least 4 members (excludes halogenated alkanes) is 9. The lowest BCUT2D eigenvalue weighted by Gasteiger charge is -2.00. The summed E-state index contributed by atoms with van der Waals surface area (Å²) < 4.78 is 1.85. The van der Waals surface area contributed by atoms with Gasteiger partial charge in [-0.05, 0) is 18.9 Å². The van der Waals surface area contributed by atoms with Gasteiger partial charge in [0.15, 0.2) is 12.4 Å². The summed E-state index contributed by atoms with van der Waals surface area (Å²) in [5.74, 6) is -0.162. The van der Waals surface area contributed by atoms with Crippen LogP contribution in [-0.2, 0) is 7.05 Å². The summed E-state index contributed by atoms with van der Waals surface area (Å²) in [5, 5.41) is 4.01. The second-order valence-electron chi connectivity index (χ2n) is 6.13. The van der Waals surface area contributed by atoms with E-state index in [2.05, 4.69) is 17.5 Å². The molecule has 0 aliphatic rings. The van der Waals surface area contributed by atoms with E-state index in [4.69, 9.17) is 0 Å². The van der Waals surface area contributed by atoms with Gasteiger partial charge < -0.3 is 0 Å². The number of pyridine rings is 1. The molecule has 0 aromatic carbocycles. The molecule has 0 bridgehead atoms. The summed E-state index contributed by atoms with van der Waals surface area (Å²) in [7, 11) is 1.89. The van der Waals surface area contributed by atoms with Crippen LogP contribution >= 0.6 is 0 Å². The number of amides is 1. The molecule has 4 heteroatoms. The van der Waals surface area contributed by atoms with E-state index in [1.807, 2.05) is 30.1 Å². The first-order valence-electron chi connectivity index (χ1n) is 9.01. The number of aromatic nitrogens is 1. The Morgan fingerprint density at radius 3 is 2.43 bits per heavy atom. The highest BCUT2D eigenvalue weighted by Crippen LogP contribution is 2.09. The van der Waals surface area contributed by atoms with Crippen LogP contribution in [0.15, 0.2) is 29.6 Å². The van der Waals surface area contributed by atoms with Crippen molar-refractivity contribution >= 4 is 12.1 Å². The molecule has 1 N–H and O–H groups in total. The SMILES string of the molecule is CCCCCCCCCCC/C=N/NC(=O)c1ccc[n+](C)c1. The molecule has 0 fully saturated rings. The average molecular weight is 318 g/mol. The number of carbonyl (C=O) groups is 1. The minimum Gasteiger partial charge on any atom is -0.267 e. The first-order valence-corrected chi connectivity index (χ1v) is 9.01. The van der Waals surface area contributed by atoms with Gasteiger partial charge >= 0.3 is 0 Å². The lowest BCUT2D eigenvalue weighted by molar-refractivity contribution is -0.671. The summed E-state index contributed by atoms with van der Waals surface area (Å²) in [6, 6.07) is 3.63. The van der Waals surface area contributed by atoms with E-state index in [1.165, 1.54) is 51.4 Å². The Labute approximate surface area is 141 Å². The zero-order valence-electron chi connectivity index (χ0n) is 14.8. The molecule has 1 heterocycles. The highest BCUT2D eigenvalue weighted by Gasteiger charge is 2.06. The third kappa shape index (κ3) is 9.82. The van der Waals surface area contributed by atoms with Gasteiger partial charge in [-0.3, -0.25) is 4.79 Å². The molecule has 0 saturated carbocycles. The summed E-state index contributed by atoms with van der Waals surface area (Å²) in [5.41, 5.74) is 3.19. The summed E-state index contributed by atoms with van der Waals surface area (Å²) in [6.45, 7) is 2.25. The van der Waals surface area contributed by atoms with Gasteiger partial charge in [-0.15, -0.1) is 0 Å². The van der Waals surface area contributed by atoms with Crippen molar-refractivity contribution in [1.29, 1.82) is 0 Å². The second kappa shape index (κ2) is 12.8. The van der Waals surface area contributed by atoms with Crippen LogP contribution in [0, 0.1) is 0 Å². The third-order valence-electron chi connectivity index (χ3n) is 3.90. The van der Waals surface area contributed by atoms with E-state index in [1.54, 1.807) is 12.3 Å². The van der Waals surface area contributed by atoms with E-state index in [-0.39, 0.29) is 5.91 Å². The van der Waals surface area contributed by atoms with Crippen molar-refractivity contribution in [1.82, 2.24) is 5.43 Å². The van der Waals surface area contributed by atoms with Crippen LogP contribution < -0.4 is 9.99 Å². The standard InChI is InChI=1S/C19H31N3O/c1-3-4-5-6-7-8-9-10-11-12-15-20-21-19(23)18-14-13-16-22(2)17-18/h13-17H,3-12H2,1-2H3/p+1/b20-15+. The molecule has 128 valence electrons. The van der Waals surface area contributed by atoms with Crippen LogP contribution in [-0.4, -0.2) is 12.1 Å². The molecule has 0 atom stereocenters. The van der Waals surface area contributed by atoms with Crippen molar-refractivity contribution in [2.75, 3.05) is 0 Å². The van der Waals surface area contributed by atoms with Gasteiger partial charge in [0.05, 0.1) is 0 Å². The largest absolute Gasteiger partial charge is 0.277 e. The normalized spacial score (nSPS) is 11.0. The van der Waals surface area contributed by atoms with Crippen molar-refractivity contribution in [3.8, 4) is 0 Å². The van der Waals surface area contributed by atoms with Crippen molar-refractivity contribution < 1.29 is 9.36 Å². The molecule has 0 aliphatic carbocycles. The Balaban J connectivity index is 1.99. The number of nitrogens with zero attached hydrogens (tertiary/aromatic N) is 2. The molecule has 0 radical (unpaired) electrons. The maximum atomic E-state index is 11.8. The zero-order chi connectivity index (χ0) is 16.8. The quantitative estimate of drug-likeness (QED) is 0.268. The van der Waals surface area contributed by atoms with Crippen LogP contribution in [0.5, 0.6) is 0 Å². The molecule has 0 saturated heterocycles. The van der Waals surface area contributed by atoms with E-state index in [0.29, 0.717) is 5.56 Å². The third-order valence-corrected chi connectivity index (χ3v) is 3.90. The predicted octanol–water partition coefficient (Wildman–Crippen LogP) is 4.15. The Morgan fingerprint density at radius 2 is 1.78 bits per heavy atom. The number of carbonyl (C=O) groups excluding carboxylic acids is 1. The fourth-order valence-electron chi connectivity index (χ4n) is 2.50. The molecular weight excluding hydrogens is 286 g/mol. The highest BCUT2D eigenvalue weighted by atomic mass is 16.2. The van der Waals surface area contributed by atoms with Crippen LogP contribution in [0.25, 0.3) is 0 Å². The van der Waals surface area contributed by atoms with Crippen LogP contribution in [0.2, 0.25) is 0 Å². The van der Waals surface area contributed by atoms with Crippen molar-refractivity contribution in [2.45, 2.75) is 71.1 Å². The molecule has 1 rings (SSSR count). The molecule has 0 unspecified atom stereocenters. The number of nitrogens with one attached hydrogen (secondary N) is 1. The van der Waals surface area contributed by atoms with Crippen LogP contribution in [0.1, 0.15) is 81.5 Å². The van der Waals surface area contributed by atoms with E-state index >= 15 is 0 Å². The minimum absolute atomic E-state index is 0.162. The van der Waals surface area contributed by atoms with E-state index < -0.39 is 0 Å². The fraction of sp³-hybridized carbons (Fsp3) is 0.632. The molecule has 0 spiro atoms. The van der Waals surface area contributed by atoms with Gasteiger partial charge in [0.2, 0.25) is 0 Å². The Bertz CT molecular complexity index is 471. The number of hydrogen-bond acceptors (Lipinski definition) is 2. The van der Waals surface area contributed by atoms with Gasteiger partial charge in [-0.2, -0.15) is 5.10 Å². The Morgan fingerprint density at radius 1 is 1.13 bits per heavy atom. The number of aryl methyl sites for hydroxylation is 1. The highest BCUT2D eigenvalue weighted by molar-refractivity contribution is 5.93. The second-order valence-corrected chi connectivity index (χ2v) is 6.13. The molecule has 1 amide bonds. The molecule has 4 nitrogen and oxygen atoms in total. The number of hydrazone groups is 1. The molecule has 1 aromatic rings. The van der Waals surface area contributed by atoms with Crippen LogP contribution in [0.3, 0.4) is 0 Å². The van der Waals surface area contributed by atoms with Gasteiger partial charge in [0, 0.05) is 12.3 Å². The zero-order valence-corrected chi connectivity index (χ0v) is 14.8. The monoisotopic (exact) mass is 318 g/mol. The summed E-state index contributed by atoms with van der Waals surface area (Å²) >= 11 is 0. The minimum atomic E-state index is -0.162. The van der Waals surface area contributed by atoms with Crippen molar-refractivity contribution in [3.05, 3.63) is 30.1 Å². The maximum Gasteiger partial charge on any atom is 0.277 e. The van der Waals surface area contributed by atoms with Gasteiger partial charge in [0.1, 0.15) is 12.6 Å². The summed E-state index contributed by atoms with van der Waals surface area (Å²) in [4.78, 5) is 11.8. The van der Waals surface area contributed by atoms with Crippen molar-refractivity contribution in [2.24, 2.45) is 12.1 Å². The lowest BCUT2D eigenvalue weighted by Crippen LogP contribution is -2.29. The smallest absolute Gasteiger partial charge is 0.267 e. The van der Waals surface area contributed by atoms with E-state index in [9.17, 15) is 4.79 Å². The molecular formula is C19H32N3O+. The topological polar surface area (TPSA) is 45.3 Å². The lowest BCUT2D eigenvalue weighted by atomic mass is 10.1. The Hall–Kier alpha value is -1.71. The maximum absolute atomic E-state index is 11.8.